The van der Waals surface area contributed by atoms with Gasteiger partial charge in [-0.2, -0.15) is 0 Å². The first-order valence-electron chi connectivity index (χ1n) is 4.20. The zero-order valence-corrected chi connectivity index (χ0v) is 7.28. The summed E-state index contributed by atoms with van der Waals surface area (Å²) in [5.41, 5.74) is 0. The van der Waals surface area contributed by atoms with Gasteiger partial charge in [0.1, 0.15) is 0 Å². The van der Waals surface area contributed by atoms with Crippen LogP contribution in [0.5, 0.6) is 0 Å². The number of nitrogens with one attached hydrogen (secondary N) is 1. The van der Waals surface area contributed by atoms with Crippen molar-refractivity contribution in [3.8, 4) is 0 Å². The predicted molar refractivity (Wildman–Crippen MR) is 39.1 cm³/mol. The number of carbonyl (C=O) groups is 2. The van der Waals surface area contributed by atoms with E-state index in [-0.39, 0.29) is 6.04 Å². The van der Waals surface area contributed by atoms with Crippen molar-refractivity contribution < 1.29 is 19.8 Å². The van der Waals surface area contributed by atoms with Crippen LogP contribution < -0.4 is 15.5 Å². The molecule has 1 fully saturated rings. The molecular weight excluding hydrogens is 174 g/mol. The van der Waals surface area contributed by atoms with E-state index in [1.54, 1.807) is 0 Å². The fourth-order valence-corrected chi connectivity index (χ4v) is 1.06. The summed E-state index contributed by atoms with van der Waals surface area (Å²) in [6.45, 7) is 1.30. The van der Waals surface area contributed by atoms with Crippen molar-refractivity contribution in [3.05, 3.63) is 0 Å². The Hall–Kier alpha value is -1.10. The minimum absolute atomic E-state index is 0.129. The molecule has 1 N–H and O–H groups in total. The fraction of sp³-hybridized carbons (Fsp3) is 0.750. The molecule has 0 amide bonds. The molecule has 0 saturated heterocycles. The maximum atomic E-state index is 10.5. The number of carboxylic acid groups (broad SMARTS) is 2. The first-order chi connectivity index (χ1) is 6.02. The van der Waals surface area contributed by atoms with Gasteiger partial charge in [-0.1, -0.05) is 6.92 Å². The van der Waals surface area contributed by atoms with E-state index in [9.17, 15) is 19.8 Å². The third-order valence-electron chi connectivity index (χ3n) is 2.12. The van der Waals surface area contributed by atoms with E-state index in [4.69, 9.17) is 0 Å². The molecule has 74 valence electrons. The summed E-state index contributed by atoms with van der Waals surface area (Å²) in [6.07, 6.45) is 1.78. The molecule has 1 rings (SSSR count). The molecule has 1 saturated carbocycles. The summed E-state index contributed by atoms with van der Waals surface area (Å²) in [6, 6.07) is -1.01. The van der Waals surface area contributed by atoms with Crippen LogP contribution in [0.25, 0.3) is 0 Å². The Balaban J connectivity index is 2.54. The Labute approximate surface area is 75.7 Å². The van der Waals surface area contributed by atoms with Crippen LogP contribution in [0.2, 0.25) is 0 Å². The molecule has 0 aliphatic heterocycles. The van der Waals surface area contributed by atoms with E-state index in [1.165, 1.54) is 6.92 Å². The van der Waals surface area contributed by atoms with E-state index in [0.29, 0.717) is 0 Å². The molecule has 1 aliphatic rings. The summed E-state index contributed by atoms with van der Waals surface area (Å²) in [4.78, 5) is 20.9. The number of carboxylic acids is 2. The van der Waals surface area contributed by atoms with Crippen molar-refractivity contribution in [2.75, 3.05) is 0 Å². The maximum Gasteiger partial charge on any atom is 0.0591 e. The van der Waals surface area contributed by atoms with Crippen LogP contribution in [0.15, 0.2) is 0 Å². The molecule has 5 heteroatoms. The average Bonchev–Trinajstić information content (AvgIpc) is 2.81. The highest BCUT2D eigenvalue weighted by Gasteiger charge is 2.28. The van der Waals surface area contributed by atoms with E-state index >= 15 is 0 Å². The van der Waals surface area contributed by atoms with Gasteiger partial charge in [0.05, 0.1) is 12.0 Å². The van der Waals surface area contributed by atoms with Gasteiger partial charge in [-0.25, -0.2) is 0 Å². The summed E-state index contributed by atoms with van der Waals surface area (Å²) in [7, 11) is 0. The second-order valence-electron chi connectivity index (χ2n) is 3.35. The highest BCUT2D eigenvalue weighted by atomic mass is 16.4. The standard InChI is InChI=1S/C8H13NO4/c1-4(7(10)11)6(8(12)13)9-5-2-3-5/h4-6,9H,2-3H2,1H3,(H,10,11)(H,12,13)/p-2. The number of aliphatic carboxylic acids is 2. The van der Waals surface area contributed by atoms with E-state index < -0.39 is 23.9 Å². The largest absolute Gasteiger partial charge is 0.550 e. The Morgan fingerprint density at radius 3 is 2.15 bits per heavy atom. The molecule has 0 radical (unpaired) electrons. The first kappa shape index (κ1) is 9.98. The van der Waals surface area contributed by atoms with Gasteiger partial charge in [0.25, 0.3) is 0 Å². The van der Waals surface area contributed by atoms with Crippen molar-refractivity contribution in [3.63, 3.8) is 0 Å². The smallest absolute Gasteiger partial charge is 0.0591 e. The van der Waals surface area contributed by atoms with Gasteiger partial charge in [-0.15, -0.1) is 0 Å². The topological polar surface area (TPSA) is 92.3 Å². The molecule has 1 aliphatic carbocycles. The van der Waals surface area contributed by atoms with Crippen molar-refractivity contribution in [1.82, 2.24) is 5.32 Å². The lowest BCUT2D eigenvalue weighted by Crippen LogP contribution is -2.54. The quantitative estimate of drug-likeness (QED) is 0.501. The van der Waals surface area contributed by atoms with Crippen LogP contribution in [0.3, 0.4) is 0 Å². The molecule has 0 aromatic heterocycles. The molecule has 0 spiro atoms. The maximum absolute atomic E-state index is 10.5. The van der Waals surface area contributed by atoms with Crippen LogP contribution in [0, 0.1) is 5.92 Å². The van der Waals surface area contributed by atoms with Gasteiger partial charge in [0.2, 0.25) is 0 Å². The monoisotopic (exact) mass is 185 g/mol. The Bertz CT molecular complexity index is 224. The SMILES string of the molecule is CC(C(=O)[O-])C(NC1CC1)C(=O)[O-]. The molecule has 0 heterocycles. The number of hydrogen-bond acceptors (Lipinski definition) is 5. The Morgan fingerprint density at radius 2 is 1.85 bits per heavy atom. The normalized spacial score (nSPS) is 20.7. The first-order valence-corrected chi connectivity index (χ1v) is 4.20. The van der Waals surface area contributed by atoms with Crippen LogP contribution in [-0.4, -0.2) is 24.0 Å². The third kappa shape index (κ3) is 2.69. The Kier molecular flexibility index (Phi) is 2.87. The number of hydrogen-bond donors (Lipinski definition) is 1. The van der Waals surface area contributed by atoms with Crippen LogP contribution >= 0.6 is 0 Å². The molecule has 0 bridgehead atoms. The van der Waals surface area contributed by atoms with Gasteiger partial charge >= 0.3 is 0 Å². The molecule has 2 atom stereocenters. The van der Waals surface area contributed by atoms with Gasteiger partial charge in [-0.3, -0.25) is 0 Å². The average molecular weight is 185 g/mol. The molecule has 2 unspecified atom stereocenters. The van der Waals surface area contributed by atoms with Crippen molar-refractivity contribution in [2.45, 2.75) is 31.8 Å². The molecule has 0 aromatic rings. The molecule has 0 aromatic carbocycles. The molecule has 13 heavy (non-hydrogen) atoms. The van der Waals surface area contributed by atoms with Crippen molar-refractivity contribution in [2.24, 2.45) is 5.92 Å². The minimum Gasteiger partial charge on any atom is -0.550 e. The highest BCUT2D eigenvalue weighted by molar-refractivity contribution is 5.80. The lowest BCUT2D eigenvalue weighted by Gasteiger charge is -2.26. The third-order valence-corrected chi connectivity index (χ3v) is 2.12. The Morgan fingerprint density at radius 1 is 1.31 bits per heavy atom. The highest BCUT2D eigenvalue weighted by Crippen LogP contribution is 2.20. The van der Waals surface area contributed by atoms with Crippen molar-refractivity contribution >= 4 is 11.9 Å². The van der Waals surface area contributed by atoms with Gasteiger partial charge < -0.3 is 25.1 Å². The summed E-state index contributed by atoms with van der Waals surface area (Å²) >= 11 is 0. The minimum atomic E-state index is -1.39. The van der Waals surface area contributed by atoms with Crippen molar-refractivity contribution in [1.29, 1.82) is 0 Å². The predicted octanol–water partition coefficient (Wildman–Crippen LogP) is -2.76. The van der Waals surface area contributed by atoms with Gasteiger partial charge in [0, 0.05) is 17.9 Å². The van der Waals surface area contributed by atoms with E-state index in [1.807, 2.05) is 0 Å². The van der Waals surface area contributed by atoms with Gasteiger partial charge in [-0.05, 0) is 12.8 Å². The summed E-state index contributed by atoms with van der Waals surface area (Å²) in [5.74, 6) is -3.82. The number of carbonyl (C=O) groups excluding carboxylic acids is 2. The summed E-state index contributed by atoms with van der Waals surface area (Å²) in [5, 5.41) is 23.6. The van der Waals surface area contributed by atoms with Crippen LogP contribution in [0.1, 0.15) is 19.8 Å². The lowest BCUT2D eigenvalue weighted by molar-refractivity contribution is -0.322. The van der Waals surface area contributed by atoms with Crippen LogP contribution in [0.4, 0.5) is 0 Å². The zero-order valence-electron chi connectivity index (χ0n) is 7.28. The van der Waals surface area contributed by atoms with Gasteiger partial charge in [0.15, 0.2) is 0 Å². The summed E-state index contributed by atoms with van der Waals surface area (Å²) < 4.78 is 0. The second kappa shape index (κ2) is 3.74. The number of rotatable bonds is 5. The lowest BCUT2D eigenvalue weighted by atomic mass is 10.0. The zero-order chi connectivity index (χ0) is 10.0. The van der Waals surface area contributed by atoms with E-state index in [0.717, 1.165) is 12.8 Å². The van der Waals surface area contributed by atoms with Crippen LogP contribution in [-0.2, 0) is 9.59 Å². The molecule has 5 nitrogen and oxygen atoms in total. The fourth-order valence-electron chi connectivity index (χ4n) is 1.06. The molecular formula is C8H11NO4-2. The second-order valence-corrected chi connectivity index (χ2v) is 3.35. The van der Waals surface area contributed by atoms with E-state index in [2.05, 4.69) is 5.32 Å².